The normalized spacial score (nSPS) is 18.5. The molecule has 0 N–H and O–H groups in total. The van der Waals surface area contributed by atoms with Gasteiger partial charge in [0, 0.05) is 39.3 Å². The third-order valence-electron chi connectivity index (χ3n) is 6.45. The number of aryl methyl sites for hydroxylation is 1. The molecule has 4 rings (SSSR count). The Bertz CT molecular complexity index is 843. The molecule has 2 aliphatic heterocycles. The molecule has 2 saturated heterocycles. The van der Waals surface area contributed by atoms with E-state index in [0.717, 1.165) is 56.2 Å². The Labute approximate surface area is 180 Å². The van der Waals surface area contributed by atoms with E-state index in [4.69, 9.17) is 0 Å². The molecule has 2 aromatic rings. The maximum atomic E-state index is 13.3. The van der Waals surface area contributed by atoms with E-state index in [-0.39, 0.29) is 11.8 Å². The van der Waals surface area contributed by atoms with Crippen molar-refractivity contribution in [1.82, 2.24) is 24.5 Å². The summed E-state index contributed by atoms with van der Waals surface area (Å²) in [6, 6.07) is 8.32. The van der Waals surface area contributed by atoms with Gasteiger partial charge in [-0.15, -0.1) is 0 Å². The van der Waals surface area contributed by atoms with Crippen LogP contribution in [0.3, 0.4) is 0 Å². The Morgan fingerprint density at radius 1 is 0.933 bits per heavy atom. The molecule has 2 fully saturated rings. The number of carbonyl (C=O) groups excluding carboxylic acids is 1. The van der Waals surface area contributed by atoms with Crippen LogP contribution in [0.15, 0.2) is 30.5 Å². The molecule has 30 heavy (non-hydrogen) atoms. The minimum Gasteiger partial charge on any atom is -0.336 e. The standard InChI is InChI=1S/C24H35N5O/c1-19(2)23-22(18-25-29(23)21-8-6-20(3)7-9-21)24(30)28-16-14-27(15-17-28)13-12-26-10-4-5-11-26/h6-9,18-19H,4-5,10-17H2,1-3H3. The first-order valence-corrected chi connectivity index (χ1v) is 11.4. The second-order valence-electron chi connectivity index (χ2n) is 9.03. The summed E-state index contributed by atoms with van der Waals surface area (Å²) in [7, 11) is 0. The number of hydrogen-bond acceptors (Lipinski definition) is 4. The molecule has 1 aromatic carbocycles. The van der Waals surface area contributed by atoms with Crippen molar-refractivity contribution < 1.29 is 4.79 Å². The lowest BCUT2D eigenvalue weighted by molar-refractivity contribution is 0.0625. The fourth-order valence-electron chi connectivity index (χ4n) is 4.60. The summed E-state index contributed by atoms with van der Waals surface area (Å²) in [5.74, 6) is 0.339. The van der Waals surface area contributed by atoms with Crippen LogP contribution in [0.1, 0.15) is 54.2 Å². The first kappa shape index (κ1) is 21.1. The number of hydrogen-bond donors (Lipinski definition) is 0. The molecule has 2 aliphatic rings. The average molecular weight is 410 g/mol. The summed E-state index contributed by atoms with van der Waals surface area (Å²) >= 11 is 0. The highest BCUT2D eigenvalue weighted by Crippen LogP contribution is 2.25. The van der Waals surface area contributed by atoms with Gasteiger partial charge in [0.05, 0.1) is 23.1 Å². The third kappa shape index (κ3) is 4.60. The zero-order valence-corrected chi connectivity index (χ0v) is 18.7. The largest absolute Gasteiger partial charge is 0.336 e. The summed E-state index contributed by atoms with van der Waals surface area (Å²) in [6.07, 6.45) is 4.45. The van der Waals surface area contributed by atoms with Crippen molar-refractivity contribution in [2.24, 2.45) is 0 Å². The van der Waals surface area contributed by atoms with Crippen LogP contribution in [0.2, 0.25) is 0 Å². The van der Waals surface area contributed by atoms with Crippen molar-refractivity contribution >= 4 is 5.91 Å². The SMILES string of the molecule is Cc1ccc(-n2ncc(C(=O)N3CCN(CCN4CCCC4)CC3)c2C(C)C)cc1. The molecule has 6 nitrogen and oxygen atoms in total. The second-order valence-corrected chi connectivity index (χ2v) is 9.03. The molecule has 1 aromatic heterocycles. The second kappa shape index (κ2) is 9.31. The molecular weight excluding hydrogens is 374 g/mol. The van der Waals surface area contributed by atoms with Crippen LogP contribution >= 0.6 is 0 Å². The van der Waals surface area contributed by atoms with E-state index in [9.17, 15) is 4.79 Å². The van der Waals surface area contributed by atoms with Gasteiger partial charge in [-0.3, -0.25) is 9.69 Å². The van der Waals surface area contributed by atoms with Gasteiger partial charge in [0.1, 0.15) is 0 Å². The number of nitrogens with zero attached hydrogens (tertiary/aromatic N) is 5. The highest BCUT2D eigenvalue weighted by molar-refractivity contribution is 5.95. The molecule has 0 saturated carbocycles. The van der Waals surface area contributed by atoms with Crippen LogP contribution in [0.4, 0.5) is 0 Å². The summed E-state index contributed by atoms with van der Waals surface area (Å²) in [5.41, 5.74) is 3.97. The van der Waals surface area contributed by atoms with Crippen LogP contribution in [-0.4, -0.2) is 82.7 Å². The van der Waals surface area contributed by atoms with Gasteiger partial charge in [0.25, 0.3) is 5.91 Å². The van der Waals surface area contributed by atoms with E-state index < -0.39 is 0 Å². The summed E-state index contributed by atoms with van der Waals surface area (Å²) < 4.78 is 1.93. The van der Waals surface area contributed by atoms with Gasteiger partial charge in [0.2, 0.25) is 0 Å². The molecule has 1 amide bonds. The monoisotopic (exact) mass is 409 g/mol. The van der Waals surface area contributed by atoms with Crippen molar-refractivity contribution in [1.29, 1.82) is 0 Å². The van der Waals surface area contributed by atoms with Gasteiger partial charge < -0.3 is 9.80 Å². The molecule has 0 unspecified atom stereocenters. The van der Waals surface area contributed by atoms with E-state index in [2.05, 4.69) is 59.9 Å². The highest BCUT2D eigenvalue weighted by atomic mass is 16.2. The van der Waals surface area contributed by atoms with Crippen LogP contribution in [0.5, 0.6) is 0 Å². The zero-order chi connectivity index (χ0) is 21.1. The van der Waals surface area contributed by atoms with Crippen LogP contribution in [-0.2, 0) is 0 Å². The van der Waals surface area contributed by atoms with E-state index in [1.54, 1.807) is 6.20 Å². The lowest BCUT2D eigenvalue weighted by Gasteiger charge is -2.35. The minimum absolute atomic E-state index is 0.122. The molecule has 3 heterocycles. The summed E-state index contributed by atoms with van der Waals surface area (Å²) in [4.78, 5) is 20.4. The van der Waals surface area contributed by atoms with E-state index in [1.165, 1.54) is 31.5 Å². The molecule has 162 valence electrons. The van der Waals surface area contributed by atoms with Crippen molar-refractivity contribution in [3.63, 3.8) is 0 Å². The van der Waals surface area contributed by atoms with Crippen molar-refractivity contribution in [2.75, 3.05) is 52.4 Å². The fraction of sp³-hybridized carbons (Fsp3) is 0.583. The Hall–Kier alpha value is -2.18. The van der Waals surface area contributed by atoms with Crippen molar-refractivity contribution in [3.8, 4) is 5.69 Å². The fourth-order valence-corrected chi connectivity index (χ4v) is 4.60. The smallest absolute Gasteiger partial charge is 0.257 e. The third-order valence-corrected chi connectivity index (χ3v) is 6.45. The van der Waals surface area contributed by atoms with Crippen molar-refractivity contribution in [3.05, 3.63) is 47.3 Å². The average Bonchev–Trinajstić information content (AvgIpc) is 3.43. The van der Waals surface area contributed by atoms with Crippen molar-refractivity contribution in [2.45, 2.75) is 39.5 Å². The van der Waals surface area contributed by atoms with Gasteiger partial charge in [-0.1, -0.05) is 31.5 Å². The quantitative estimate of drug-likeness (QED) is 0.735. The number of aromatic nitrogens is 2. The Kier molecular flexibility index (Phi) is 6.54. The van der Waals surface area contributed by atoms with Crippen LogP contribution in [0, 0.1) is 6.92 Å². The summed E-state index contributed by atoms with van der Waals surface area (Å²) in [6.45, 7) is 14.6. The Morgan fingerprint density at radius 3 is 2.13 bits per heavy atom. The van der Waals surface area contributed by atoms with E-state index in [0.29, 0.717) is 0 Å². The number of benzene rings is 1. The Morgan fingerprint density at radius 2 is 1.53 bits per heavy atom. The van der Waals surface area contributed by atoms with E-state index in [1.807, 2.05) is 9.58 Å². The molecule has 0 bridgehead atoms. The van der Waals surface area contributed by atoms with Gasteiger partial charge in [0.15, 0.2) is 0 Å². The summed E-state index contributed by atoms with van der Waals surface area (Å²) in [5, 5.41) is 4.59. The molecular formula is C24H35N5O. The number of rotatable bonds is 6. The topological polar surface area (TPSA) is 44.6 Å². The lowest BCUT2D eigenvalue weighted by Crippen LogP contribution is -2.50. The van der Waals surface area contributed by atoms with Gasteiger partial charge in [-0.2, -0.15) is 5.10 Å². The van der Waals surface area contributed by atoms with Gasteiger partial charge in [-0.25, -0.2) is 4.68 Å². The highest BCUT2D eigenvalue weighted by Gasteiger charge is 2.27. The number of piperazine rings is 1. The first-order chi connectivity index (χ1) is 14.5. The minimum atomic E-state index is 0.122. The molecule has 0 radical (unpaired) electrons. The van der Waals surface area contributed by atoms with Gasteiger partial charge >= 0.3 is 0 Å². The van der Waals surface area contributed by atoms with Crippen LogP contribution in [0.25, 0.3) is 5.69 Å². The maximum absolute atomic E-state index is 13.3. The molecule has 0 aliphatic carbocycles. The van der Waals surface area contributed by atoms with E-state index >= 15 is 0 Å². The number of likely N-dealkylation sites (tertiary alicyclic amines) is 1. The molecule has 6 heteroatoms. The number of amides is 1. The predicted molar refractivity (Wildman–Crippen MR) is 120 cm³/mol. The number of carbonyl (C=O) groups is 1. The molecule has 0 spiro atoms. The molecule has 0 atom stereocenters. The predicted octanol–water partition coefficient (Wildman–Crippen LogP) is 3.16. The van der Waals surface area contributed by atoms with Gasteiger partial charge in [-0.05, 0) is 50.9 Å². The first-order valence-electron chi connectivity index (χ1n) is 11.4. The lowest BCUT2D eigenvalue weighted by atomic mass is 10.0. The van der Waals surface area contributed by atoms with Crippen LogP contribution < -0.4 is 0 Å². The zero-order valence-electron chi connectivity index (χ0n) is 18.7. The Balaban J connectivity index is 1.41. The maximum Gasteiger partial charge on any atom is 0.257 e.